The molecule has 0 saturated carbocycles. The molecule has 58 valence electrons. The second kappa shape index (κ2) is 3.98. The van der Waals surface area contributed by atoms with E-state index in [0.29, 0.717) is 6.42 Å². The molecule has 0 aliphatic heterocycles. The molecule has 4 nitrogen and oxygen atoms in total. The molecule has 0 aromatic rings. The molecular weight excluding hydrogens is 134 g/mol. The van der Waals surface area contributed by atoms with Gasteiger partial charge in [0.05, 0.1) is 0 Å². The first-order chi connectivity index (χ1) is 4.63. The molecule has 1 unspecified atom stereocenters. The van der Waals surface area contributed by atoms with Crippen molar-refractivity contribution in [3.8, 4) is 0 Å². The highest BCUT2D eigenvalue weighted by molar-refractivity contribution is 5.82. The number of ketones is 1. The van der Waals surface area contributed by atoms with Crippen molar-refractivity contribution in [3.63, 3.8) is 0 Å². The maximum Gasteiger partial charge on any atom is 0.270 e. The van der Waals surface area contributed by atoms with Gasteiger partial charge in [-0.15, -0.1) is 0 Å². The number of hydrogen-bond donors (Lipinski definition) is 0. The van der Waals surface area contributed by atoms with Gasteiger partial charge in [0.2, 0.25) is 5.78 Å². The quantitative estimate of drug-likeness (QED) is 0.438. The van der Waals surface area contributed by atoms with Crippen molar-refractivity contribution in [3.05, 3.63) is 10.1 Å². The van der Waals surface area contributed by atoms with Crippen LogP contribution in [0.2, 0.25) is 0 Å². The first kappa shape index (κ1) is 9.07. The lowest BCUT2D eigenvalue weighted by atomic mass is 10.1. The molecule has 0 radical (unpaired) electrons. The van der Waals surface area contributed by atoms with Gasteiger partial charge >= 0.3 is 0 Å². The summed E-state index contributed by atoms with van der Waals surface area (Å²) in [4.78, 5) is 20.3. The van der Waals surface area contributed by atoms with Crippen LogP contribution in [0.15, 0.2) is 0 Å². The predicted molar refractivity (Wildman–Crippen MR) is 36.4 cm³/mol. The maximum absolute atomic E-state index is 10.7. The molecule has 0 aromatic carbocycles. The van der Waals surface area contributed by atoms with E-state index in [4.69, 9.17) is 0 Å². The molecule has 0 fully saturated rings. The molecule has 0 aromatic heterocycles. The van der Waals surface area contributed by atoms with Gasteiger partial charge in [-0.3, -0.25) is 14.9 Å². The zero-order valence-electron chi connectivity index (χ0n) is 6.16. The summed E-state index contributed by atoms with van der Waals surface area (Å²) in [6.07, 6.45) is 0.541. The highest BCUT2D eigenvalue weighted by Gasteiger charge is 2.24. The summed E-state index contributed by atoms with van der Waals surface area (Å²) in [5.41, 5.74) is 0. The molecule has 0 saturated heterocycles. The molecule has 1 atom stereocenters. The minimum atomic E-state index is -0.981. The Morgan fingerprint density at radius 1 is 1.60 bits per heavy atom. The molecule has 0 N–H and O–H groups in total. The third kappa shape index (κ3) is 2.13. The standard InChI is InChI=1S/C6H11NO3/c1-3-5(7(9)10)6(8)4-2/h5H,3-4H2,1-2H3. The Morgan fingerprint density at radius 3 is 2.20 bits per heavy atom. The molecule has 0 spiro atoms. The number of nitrogens with zero attached hydrogens (tertiary/aromatic N) is 1. The predicted octanol–water partition coefficient (Wildman–Crippen LogP) is 1.02. The van der Waals surface area contributed by atoms with Crippen LogP contribution in [-0.4, -0.2) is 16.7 Å². The smallest absolute Gasteiger partial charge is 0.270 e. The molecule has 0 aliphatic rings. The Bertz CT molecular complexity index is 144. The number of Topliss-reactive ketones (excluding diaryl/α,β-unsaturated/α-hetero) is 1. The zero-order chi connectivity index (χ0) is 8.15. The van der Waals surface area contributed by atoms with Crippen molar-refractivity contribution < 1.29 is 9.72 Å². The summed E-state index contributed by atoms with van der Waals surface area (Å²) in [6, 6.07) is -0.981. The Hall–Kier alpha value is -0.930. The van der Waals surface area contributed by atoms with E-state index in [9.17, 15) is 14.9 Å². The first-order valence-corrected chi connectivity index (χ1v) is 3.29. The Balaban J connectivity index is 4.06. The van der Waals surface area contributed by atoms with Crippen LogP contribution >= 0.6 is 0 Å². The highest BCUT2D eigenvalue weighted by atomic mass is 16.6. The van der Waals surface area contributed by atoms with Crippen LogP contribution in [0.3, 0.4) is 0 Å². The monoisotopic (exact) mass is 145 g/mol. The highest BCUT2D eigenvalue weighted by Crippen LogP contribution is 2.00. The van der Waals surface area contributed by atoms with Crippen LogP contribution in [0.1, 0.15) is 26.7 Å². The molecule has 0 heterocycles. The van der Waals surface area contributed by atoms with Crippen molar-refractivity contribution >= 4 is 5.78 Å². The Kier molecular flexibility index (Phi) is 3.61. The number of rotatable bonds is 4. The van der Waals surface area contributed by atoms with Gasteiger partial charge in [0, 0.05) is 17.8 Å². The Labute approximate surface area is 59.4 Å². The van der Waals surface area contributed by atoms with Crippen LogP contribution in [-0.2, 0) is 4.79 Å². The second-order valence-corrected chi connectivity index (χ2v) is 2.03. The third-order valence-corrected chi connectivity index (χ3v) is 1.36. The molecule has 0 aliphatic carbocycles. The zero-order valence-corrected chi connectivity index (χ0v) is 6.16. The van der Waals surface area contributed by atoms with Gasteiger partial charge in [-0.25, -0.2) is 0 Å². The summed E-state index contributed by atoms with van der Waals surface area (Å²) in [5.74, 6) is -0.285. The van der Waals surface area contributed by atoms with E-state index in [2.05, 4.69) is 0 Å². The third-order valence-electron chi connectivity index (χ3n) is 1.36. The van der Waals surface area contributed by atoms with E-state index in [1.54, 1.807) is 13.8 Å². The second-order valence-electron chi connectivity index (χ2n) is 2.03. The van der Waals surface area contributed by atoms with Crippen LogP contribution in [0.4, 0.5) is 0 Å². The van der Waals surface area contributed by atoms with Crippen molar-refractivity contribution in [2.45, 2.75) is 32.7 Å². The molecule has 4 heteroatoms. The van der Waals surface area contributed by atoms with Crippen molar-refractivity contribution in [1.82, 2.24) is 0 Å². The van der Waals surface area contributed by atoms with Crippen LogP contribution < -0.4 is 0 Å². The maximum atomic E-state index is 10.7. The van der Waals surface area contributed by atoms with Crippen LogP contribution in [0.5, 0.6) is 0 Å². The van der Waals surface area contributed by atoms with E-state index >= 15 is 0 Å². The molecule has 0 rings (SSSR count). The van der Waals surface area contributed by atoms with Gasteiger partial charge in [-0.1, -0.05) is 13.8 Å². The van der Waals surface area contributed by atoms with Gasteiger partial charge in [0.25, 0.3) is 6.04 Å². The number of hydrogen-bond acceptors (Lipinski definition) is 3. The summed E-state index contributed by atoms with van der Waals surface area (Å²) in [6.45, 7) is 3.27. The van der Waals surface area contributed by atoms with Crippen molar-refractivity contribution in [2.24, 2.45) is 0 Å². The number of nitro groups is 1. The first-order valence-electron chi connectivity index (χ1n) is 3.29. The van der Waals surface area contributed by atoms with E-state index in [0.717, 1.165) is 0 Å². The summed E-state index contributed by atoms with van der Waals surface area (Å²) >= 11 is 0. The lowest BCUT2D eigenvalue weighted by Gasteiger charge is -2.01. The number of carbonyl (C=O) groups is 1. The normalized spacial score (nSPS) is 12.6. The van der Waals surface area contributed by atoms with Gasteiger partial charge in [0.1, 0.15) is 0 Å². The summed E-state index contributed by atoms with van der Waals surface area (Å²) < 4.78 is 0. The SMILES string of the molecule is CCC(=O)C(CC)[N+](=O)[O-]. The van der Waals surface area contributed by atoms with E-state index in [1.807, 2.05) is 0 Å². The summed E-state index contributed by atoms with van der Waals surface area (Å²) in [7, 11) is 0. The fourth-order valence-corrected chi connectivity index (χ4v) is 0.730. The van der Waals surface area contributed by atoms with E-state index in [1.165, 1.54) is 0 Å². The molecular formula is C6H11NO3. The summed E-state index contributed by atoms with van der Waals surface area (Å²) in [5, 5.41) is 10.1. The van der Waals surface area contributed by atoms with Crippen LogP contribution in [0, 0.1) is 10.1 Å². The lowest BCUT2D eigenvalue weighted by molar-refractivity contribution is -0.507. The Morgan fingerprint density at radius 2 is 2.10 bits per heavy atom. The van der Waals surface area contributed by atoms with Gasteiger partial charge < -0.3 is 0 Å². The van der Waals surface area contributed by atoms with Crippen molar-refractivity contribution in [1.29, 1.82) is 0 Å². The molecule has 10 heavy (non-hydrogen) atoms. The molecule has 0 bridgehead atoms. The largest absolute Gasteiger partial charge is 0.292 e. The topological polar surface area (TPSA) is 60.2 Å². The number of carbonyl (C=O) groups excluding carboxylic acids is 1. The van der Waals surface area contributed by atoms with E-state index in [-0.39, 0.29) is 12.2 Å². The fourth-order valence-electron chi connectivity index (χ4n) is 0.730. The average molecular weight is 145 g/mol. The lowest BCUT2D eigenvalue weighted by Crippen LogP contribution is -2.27. The van der Waals surface area contributed by atoms with Gasteiger partial charge in [0.15, 0.2) is 0 Å². The average Bonchev–Trinajstić information content (AvgIpc) is 1.88. The minimum absolute atomic E-state index is 0.249. The minimum Gasteiger partial charge on any atom is -0.292 e. The molecule has 0 amide bonds. The van der Waals surface area contributed by atoms with Crippen molar-refractivity contribution in [2.75, 3.05) is 0 Å². The van der Waals surface area contributed by atoms with Gasteiger partial charge in [-0.2, -0.15) is 0 Å². The fraction of sp³-hybridized carbons (Fsp3) is 0.833. The van der Waals surface area contributed by atoms with Gasteiger partial charge in [-0.05, 0) is 0 Å². The van der Waals surface area contributed by atoms with E-state index < -0.39 is 11.0 Å². The van der Waals surface area contributed by atoms with Crippen LogP contribution in [0.25, 0.3) is 0 Å².